The second kappa shape index (κ2) is 5.47. The Morgan fingerprint density at radius 3 is 2.57 bits per heavy atom. The van der Waals surface area contributed by atoms with Crippen molar-refractivity contribution >= 4 is 5.91 Å². The summed E-state index contributed by atoms with van der Waals surface area (Å²) < 4.78 is 1.90. The topological polar surface area (TPSA) is 46.9 Å². The van der Waals surface area contributed by atoms with E-state index < -0.39 is 0 Å². The molecule has 0 spiro atoms. The van der Waals surface area contributed by atoms with E-state index in [-0.39, 0.29) is 16.9 Å². The lowest BCUT2D eigenvalue weighted by Crippen LogP contribution is -2.45. The molecule has 0 saturated carbocycles. The highest BCUT2D eigenvalue weighted by molar-refractivity contribution is 5.79. The normalized spacial score (nSPS) is 22.9. The molecule has 0 aliphatic carbocycles. The van der Waals surface area contributed by atoms with Crippen molar-refractivity contribution in [1.82, 2.24) is 15.1 Å². The zero-order chi connectivity index (χ0) is 15.8. The van der Waals surface area contributed by atoms with Crippen LogP contribution in [0.1, 0.15) is 65.1 Å². The largest absolute Gasteiger partial charge is 0.350 e. The van der Waals surface area contributed by atoms with Gasteiger partial charge in [-0.2, -0.15) is 5.10 Å². The molecule has 21 heavy (non-hydrogen) atoms. The summed E-state index contributed by atoms with van der Waals surface area (Å²) in [6.45, 7) is 11.0. The van der Waals surface area contributed by atoms with Crippen LogP contribution in [0.25, 0.3) is 0 Å². The van der Waals surface area contributed by atoms with Crippen LogP contribution in [-0.2, 0) is 23.7 Å². The van der Waals surface area contributed by atoms with Crippen LogP contribution in [0.3, 0.4) is 0 Å². The molecule has 2 rings (SSSR count). The summed E-state index contributed by atoms with van der Waals surface area (Å²) >= 11 is 0. The highest BCUT2D eigenvalue weighted by atomic mass is 16.2. The number of nitrogens with one attached hydrogen (secondary N) is 1. The third-order valence-corrected chi connectivity index (χ3v) is 4.18. The smallest absolute Gasteiger partial charge is 0.220 e. The molecule has 1 aromatic heterocycles. The number of nitrogens with zero attached hydrogens (tertiary/aromatic N) is 2. The Balaban J connectivity index is 2.32. The van der Waals surface area contributed by atoms with Crippen LogP contribution >= 0.6 is 0 Å². The van der Waals surface area contributed by atoms with Crippen LogP contribution in [0, 0.1) is 5.92 Å². The first-order valence-electron chi connectivity index (χ1n) is 7.95. The van der Waals surface area contributed by atoms with Gasteiger partial charge in [-0.05, 0) is 30.7 Å². The molecule has 1 atom stereocenters. The molecule has 118 valence electrons. The molecule has 0 radical (unpaired) electrons. The minimum atomic E-state index is -0.0890. The molecule has 0 aromatic carbocycles. The molecule has 1 unspecified atom stereocenters. The number of carbonyl (C=O) groups excluding carboxylic acids is 1. The van der Waals surface area contributed by atoms with Gasteiger partial charge in [0.05, 0.1) is 5.69 Å². The highest BCUT2D eigenvalue weighted by Crippen LogP contribution is 2.34. The minimum absolute atomic E-state index is 0.0260. The van der Waals surface area contributed by atoms with Crippen LogP contribution in [-0.4, -0.2) is 21.2 Å². The van der Waals surface area contributed by atoms with E-state index in [1.54, 1.807) is 0 Å². The van der Waals surface area contributed by atoms with Crippen LogP contribution in [0.2, 0.25) is 0 Å². The first kappa shape index (κ1) is 16.1. The summed E-state index contributed by atoms with van der Waals surface area (Å²) in [4.78, 5) is 11.8. The van der Waals surface area contributed by atoms with E-state index in [2.05, 4.69) is 51.2 Å². The fraction of sp³-hybridized carbons (Fsp3) is 0.765. The summed E-state index contributed by atoms with van der Waals surface area (Å²) in [7, 11) is 1.97. The zero-order valence-corrected chi connectivity index (χ0v) is 14.3. The van der Waals surface area contributed by atoms with Crippen molar-refractivity contribution in [3.8, 4) is 0 Å². The van der Waals surface area contributed by atoms with Gasteiger partial charge in [0.1, 0.15) is 0 Å². The molecule has 1 aliphatic rings. The maximum absolute atomic E-state index is 11.8. The van der Waals surface area contributed by atoms with Crippen molar-refractivity contribution in [1.29, 1.82) is 0 Å². The fourth-order valence-corrected chi connectivity index (χ4v) is 3.58. The first-order chi connectivity index (χ1) is 9.61. The van der Waals surface area contributed by atoms with E-state index >= 15 is 0 Å². The number of rotatable bonds is 4. The van der Waals surface area contributed by atoms with Crippen molar-refractivity contribution in [3.05, 3.63) is 17.5 Å². The van der Waals surface area contributed by atoms with Gasteiger partial charge in [0.2, 0.25) is 5.91 Å². The predicted octanol–water partition coefficient (Wildman–Crippen LogP) is 2.96. The van der Waals surface area contributed by atoms with E-state index in [4.69, 9.17) is 0 Å². The Hall–Kier alpha value is -1.32. The minimum Gasteiger partial charge on any atom is -0.350 e. The SMILES string of the molecule is CC(C)CC1(Cc2cn(C)nc2C(C)(C)C)CCC(=O)N1. The Labute approximate surface area is 128 Å². The highest BCUT2D eigenvalue weighted by Gasteiger charge is 2.39. The lowest BCUT2D eigenvalue weighted by Gasteiger charge is -2.32. The fourth-order valence-electron chi connectivity index (χ4n) is 3.58. The molecular weight excluding hydrogens is 262 g/mol. The molecule has 1 aromatic rings. The van der Waals surface area contributed by atoms with Crippen molar-refractivity contribution in [2.45, 2.75) is 71.3 Å². The standard InChI is InChI=1S/C17H29N3O/c1-12(2)9-17(8-7-14(21)18-17)10-13-11-20(6)19-15(13)16(3,4)5/h11-12H,7-10H2,1-6H3,(H,18,21). The van der Waals surface area contributed by atoms with Gasteiger partial charge in [-0.3, -0.25) is 9.48 Å². The average Bonchev–Trinajstić information content (AvgIpc) is 2.81. The zero-order valence-electron chi connectivity index (χ0n) is 14.3. The number of aromatic nitrogens is 2. The second-order valence-electron chi connectivity index (χ2n) is 8.03. The lowest BCUT2D eigenvalue weighted by molar-refractivity contribution is -0.119. The lowest BCUT2D eigenvalue weighted by atomic mass is 9.79. The van der Waals surface area contributed by atoms with Crippen molar-refractivity contribution in [2.75, 3.05) is 0 Å². The van der Waals surface area contributed by atoms with Crippen molar-refractivity contribution in [3.63, 3.8) is 0 Å². The van der Waals surface area contributed by atoms with Crippen LogP contribution in [0.5, 0.6) is 0 Å². The van der Waals surface area contributed by atoms with E-state index in [1.165, 1.54) is 5.56 Å². The Bertz CT molecular complexity index is 525. The quantitative estimate of drug-likeness (QED) is 0.927. The van der Waals surface area contributed by atoms with E-state index in [9.17, 15) is 4.79 Å². The van der Waals surface area contributed by atoms with E-state index in [0.717, 1.165) is 25.0 Å². The summed E-state index contributed by atoms with van der Waals surface area (Å²) in [5.74, 6) is 0.759. The van der Waals surface area contributed by atoms with Gasteiger partial charge in [0, 0.05) is 30.6 Å². The van der Waals surface area contributed by atoms with Gasteiger partial charge >= 0.3 is 0 Å². The number of aryl methyl sites for hydroxylation is 1. The summed E-state index contributed by atoms with van der Waals surface area (Å²) in [6, 6.07) is 0. The molecule has 4 nitrogen and oxygen atoms in total. The molecule has 2 heterocycles. The van der Waals surface area contributed by atoms with Gasteiger partial charge in [0.25, 0.3) is 0 Å². The molecule has 1 aliphatic heterocycles. The van der Waals surface area contributed by atoms with E-state index in [1.807, 2.05) is 11.7 Å². The molecular formula is C17H29N3O. The average molecular weight is 291 g/mol. The molecule has 1 N–H and O–H groups in total. The van der Waals surface area contributed by atoms with Crippen LogP contribution in [0.4, 0.5) is 0 Å². The maximum Gasteiger partial charge on any atom is 0.220 e. The number of amides is 1. The van der Waals surface area contributed by atoms with Gasteiger partial charge in [-0.25, -0.2) is 0 Å². The van der Waals surface area contributed by atoms with Gasteiger partial charge < -0.3 is 5.32 Å². The maximum atomic E-state index is 11.8. The van der Waals surface area contributed by atoms with Crippen molar-refractivity contribution < 1.29 is 4.79 Å². The Morgan fingerprint density at radius 1 is 1.43 bits per heavy atom. The predicted molar refractivity (Wildman–Crippen MR) is 85.2 cm³/mol. The molecule has 0 bridgehead atoms. The van der Waals surface area contributed by atoms with E-state index in [0.29, 0.717) is 12.3 Å². The first-order valence-corrected chi connectivity index (χ1v) is 7.95. The summed E-state index contributed by atoms with van der Waals surface area (Å²) in [5, 5.41) is 7.92. The molecule has 1 saturated heterocycles. The Morgan fingerprint density at radius 2 is 2.10 bits per heavy atom. The summed E-state index contributed by atoms with van der Waals surface area (Å²) in [5.41, 5.74) is 2.36. The number of carbonyl (C=O) groups is 1. The third kappa shape index (κ3) is 3.66. The van der Waals surface area contributed by atoms with Gasteiger partial charge in [-0.15, -0.1) is 0 Å². The van der Waals surface area contributed by atoms with Crippen LogP contribution < -0.4 is 5.32 Å². The molecule has 1 fully saturated rings. The summed E-state index contributed by atoms with van der Waals surface area (Å²) in [6.07, 6.45) is 5.61. The van der Waals surface area contributed by atoms with Crippen molar-refractivity contribution in [2.24, 2.45) is 13.0 Å². The van der Waals surface area contributed by atoms with Crippen LogP contribution in [0.15, 0.2) is 6.20 Å². The number of hydrogen-bond donors (Lipinski definition) is 1. The van der Waals surface area contributed by atoms with Gasteiger partial charge in [-0.1, -0.05) is 34.6 Å². The second-order valence-corrected chi connectivity index (χ2v) is 8.03. The monoisotopic (exact) mass is 291 g/mol. The molecule has 4 heteroatoms. The van der Waals surface area contributed by atoms with Gasteiger partial charge in [0.15, 0.2) is 0 Å². The Kier molecular flexibility index (Phi) is 4.18. The molecule has 1 amide bonds. The third-order valence-electron chi connectivity index (χ3n) is 4.18. The number of hydrogen-bond acceptors (Lipinski definition) is 2.